The molecule has 0 atom stereocenters. The number of para-hydroxylation sites is 1. The van der Waals surface area contributed by atoms with Crippen LogP contribution in [-0.2, 0) is 6.42 Å². The van der Waals surface area contributed by atoms with E-state index in [1.54, 1.807) is 7.11 Å². The molecule has 1 aliphatic rings. The maximum absolute atomic E-state index is 6.15. The van der Waals surface area contributed by atoms with Gasteiger partial charge in [-0.15, -0.1) is 0 Å². The lowest BCUT2D eigenvalue weighted by Crippen LogP contribution is -2.19. The minimum absolute atomic E-state index is 0.689. The summed E-state index contributed by atoms with van der Waals surface area (Å²) >= 11 is 0. The molecule has 3 nitrogen and oxygen atoms in total. The van der Waals surface area contributed by atoms with Crippen molar-refractivity contribution in [3.05, 3.63) is 53.6 Å². The van der Waals surface area contributed by atoms with Gasteiger partial charge in [0.1, 0.15) is 17.2 Å². The fraction of sp³-hybridized carbons (Fsp3) is 0.400. The van der Waals surface area contributed by atoms with Crippen LogP contribution in [0.2, 0.25) is 0 Å². The predicted molar refractivity (Wildman–Crippen MR) is 92.4 cm³/mol. The van der Waals surface area contributed by atoms with E-state index in [9.17, 15) is 0 Å². The zero-order chi connectivity index (χ0) is 16.1. The van der Waals surface area contributed by atoms with Gasteiger partial charge < -0.3 is 14.8 Å². The maximum Gasteiger partial charge on any atom is 0.134 e. The van der Waals surface area contributed by atoms with Crippen LogP contribution >= 0.6 is 0 Å². The Morgan fingerprint density at radius 3 is 2.83 bits per heavy atom. The van der Waals surface area contributed by atoms with Crippen LogP contribution in [0.15, 0.2) is 36.4 Å². The van der Waals surface area contributed by atoms with Crippen LogP contribution in [-0.4, -0.2) is 20.2 Å². The summed E-state index contributed by atoms with van der Waals surface area (Å²) in [6.07, 6.45) is 3.75. The van der Waals surface area contributed by atoms with Crippen LogP contribution in [0.4, 0.5) is 0 Å². The van der Waals surface area contributed by atoms with Crippen molar-refractivity contribution < 1.29 is 9.47 Å². The minimum atomic E-state index is 0.689. The van der Waals surface area contributed by atoms with E-state index in [-0.39, 0.29) is 0 Å². The molecule has 1 fully saturated rings. The lowest BCUT2D eigenvalue weighted by Gasteiger charge is -2.14. The van der Waals surface area contributed by atoms with Gasteiger partial charge in [0, 0.05) is 12.1 Å². The van der Waals surface area contributed by atoms with E-state index in [2.05, 4.69) is 23.5 Å². The average Bonchev–Trinajstić information content (AvgIpc) is 3.39. The molecule has 0 spiro atoms. The van der Waals surface area contributed by atoms with Gasteiger partial charge in [-0.1, -0.05) is 18.2 Å². The summed E-state index contributed by atoms with van der Waals surface area (Å²) in [5.41, 5.74) is 2.27. The topological polar surface area (TPSA) is 30.5 Å². The van der Waals surface area contributed by atoms with Gasteiger partial charge in [0.15, 0.2) is 0 Å². The van der Waals surface area contributed by atoms with E-state index >= 15 is 0 Å². The Morgan fingerprint density at radius 2 is 2.04 bits per heavy atom. The number of methoxy groups -OCH3 is 1. The molecule has 0 saturated heterocycles. The van der Waals surface area contributed by atoms with Crippen LogP contribution in [0.1, 0.15) is 24.0 Å². The maximum atomic E-state index is 6.15. The quantitative estimate of drug-likeness (QED) is 0.743. The standard InChI is InChI=1S/C20H24NO2/c1-15-7-10-18(22-2)13-20(15)23-19-6-4-3-5-17(19)11-12-21-14-16-8-9-16/h3-7,13,16,21H,8-9,11-12,14H2,1-2H3. The number of aryl methyl sites for hydroxylation is 1. The number of benzene rings is 2. The third-order valence-corrected chi connectivity index (χ3v) is 4.20. The van der Waals surface area contributed by atoms with Crippen molar-refractivity contribution in [1.82, 2.24) is 5.32 Å². The Morgan fingerprint density at radius 1 is 1.22 bits per heavy atom. The molecule has 2 aromatic rings. The predicted octanol–water partition coefficient (Wildman–Crippen LogP) is 4.14. The summed E-state index contributed by atoms with van der Waals surface area (Å²) in [5, 5.41) is 3.54. The molecule has 0 unspecified atom stereocenters. The molecule has 0 amide bonds. The highest BCUT2D eigenvalue weighted by Gasteiger charge is 2.20. The highest BCUT2D eigenvalue weighted by atomic mass is 16.5. The smallest absolute Gasteiger partial charge is 0.134 e. The molecule has 1 radical (unpaired) electrons. The number of nitrogens with one attached hydrogen (secondary N) is 1. The summed E-state index contributed by atoms with van der Waals surface area (Å²) < 4.78 is 11.4. The van der Waals surface area contributed by atoms with Crippen LogP contribution in [0, 0.1) is 18.9 Å². The van der Waals surface area contributed by atoms with E-state index in [0.717, 1.165) is 42.5 Å². The van der Waals surface area contributed by atoms with Crippen molar-refractivity contribution in [2.24, 2.45) is 5.92 Å². The van der Waals surface area contributed by atoms with Crippen molar-refractivity contribution in [3.63, 3.8) is 0 Å². The molecular weight excluding hydrogens is 286 g/mol. The van der Waals surface area contributed by atoms with Crippen LogP contribution in [0.5, 0.6) is 17.2 Å². The molecule has 0 aromatic heterocycles. The summed E-state index contributed by atoms with van der Waals surface area (Å²) in [7, 11) is 1.64. The third-order valence-electron chi connectivity index (χ3n) is 4.20. The van der Waals surface area contributed by atoms with E-state index in [4.69, 9.17) is 9.47 Å². The third kappa shape index (κ3) is 4.49. The van der Waals surface area contributed by atoms with Gasteiger partial charge in [-0.2, -0.15) is 0 Å². The van der Waals surface area contributed by atoms with E-state index in [1.165, 1.54) is 18.4 Å². The highest BCUT2D eigenvalue weighted by molar-refractivity contribution is 5.44. The minimum Gasteiger partial charge on any atom is -0.496 e. The monoisotopic (exact) mass is 310 g/mol. The summed E-state index contributed by atoms with van der Waals surface area (Å²) in [5.74, 6) is 3.34. The molecule has 2 aromatic carbocycles. The molecule has 1 saturated carbocycles. The number of hydrogen-bond acceptors (Lipinski definition) is 3. The van der Waals surface area contributed by atoms with Gasteiger partial charge >= 0.3 is 0 Å². The fourth-order valence-corrected chi connectivity index (χ4v) is 2.53. The molecule has 3 rings (SSSR count). The van der Waals surface area contributed by atoms with Gasteiger partial charge in [-0.25, -0.2) is 0 Å². The molecule has 0 bridgehead atoms. The molecule has 0 aliphatic heterocycles. The fourth-order valence-electron chi connectivity index (χ4n) is 2.53. The zero-order valence-corrected chi connectivity index (χ0v) is 13.9. The largest absolute Gasteiger partial charge is 0.496 e. The second-order valence-electron chi connectivity index (χ2n) is 6.16. The summed E-state index contributed by atoms with van der Waals surface area (Å²) in [6.45, 7) is 4.15. The molecule has 3 heteroatoms. The van der Waals surface area contributed by atoms with Crippen molar-refractivity contribution in [3.8, 4) is 17.2 Å². The SMILES string of the molecule is COc1[c]cc(C)c(Oc2ccccc2CCNCC2CC2)c1. The molecule has 23 heavy (non-hydrogen) atoms. The first-order valence-electron chi connectivity index (χ1n) is 8.29. The summed E-state index contributed by atoms with van der Waals surface area (Å²) in [6, 6.07) is 15.1. The van der Waals surface area contributed by atoms with Crippen LogP contribution < -0.4 is 14.8 Å². The average molecular weight is 310 g/mol. The number of hydrogen-bond donors (Lipinski definition) is 1. The first-order chi connectivity index (χ1) is 11.3. The Bertz CT molecular complexity index is 650. The second kappa shape index (κ2) is 7.51. The van der Waals surface area contributed by atoms with Crippen molar-refractivity contribution >= 4 is 0 Å². The van der Waals surface area contributed by atoms with Crippen molar-refractivity contribution in [2.75, 3.05) is 20.2 Å². The summed E-state index contributed by atoms with van der Waals surface area (Å²) in [4.78, 5) is 0. The van der Waals surface area contributed by atoms with Gasteiger partial charge in [0.25, 0.3) is 0 Å². The molecular formula is C20H24NO2. The van der Waals surface area contributed by atoms with Crippen LogP contribution in [0.3, 0.4) is 0 Å². The second-order valence-corrected chi connectivity index (χ2v) is 6.16. The molecule has 1 aliphatic carbocycles. The normalized spacial score (nSPS) is 13.8. The Labute approximate surface area is 138 Å². The van der Waals surface area contributed by atoms with E-state index in [1.807, 2.05) is 31.2 Å². The number of rotatable bonds is 8. The van der Waals surface area contributed by atoms with E-state index < -0.39 is 0 Å². The molecule has 1 N–H and O–H groups in total. The Kier molecular flexibility index (Phi) is 5.19. The molecule has 0 heterocycles. The van der Waals surface area contributed by atoms with Crippen molar-refractivity contribution in [1.29, 1.82) is 0 Å². The lowest BCUT2D eigenvalue weighted by atomic mass is 10.1. The Balaban J connectivity index is 1.66. The van der Waals surface area contributed by atoms with Gasteiger partial charge in [-0.05, 0) is 68.5 Å². The van der Waals surface area contributed by atoms with E-state index in [0.29, 0.717) is 5.75 Å². The van der Waals surface area contributed by atoms with Crippen molar-refractivity contribution in [2.45, 2.75) is 26.2 Å². The first-order valence-corrected chi connectivity index (χ1v) is 8.29. The Hall–Kier alpha value is -2.00. The van der Waals surface area contributed by atoms with Gasteiger partial charge in [0.05, 0.1) is 7.11 Å². The zero-order valence-electron chi connectivity index (χ0n) is 13.9. The number of ether oxygens (including phenoxy) is 2. The van der Waals surface area contributed by atoms with Crippen LogP contribution in [0.25, 0.3) is 0 Å². The first kappa shape index (κ1) is 15.9. The highest BCUT2D eigenvalue weighted by Crippen LogP contribution is 2.31. The van der Waals surface area contributed by atoms with Gasteiger partial charge in [0.2, 0.25) is 0 Å². The van der Waals surface area contributed by atoms with Gasteiger partial charge in [-0.3, -0.25) is 0 Å². The molecule has 121 valence electrons. The lowest BCUT2D eigenvalue weighted by molar-refractivity contribution is 0.407.